The van der Waals surface area contributed by atoms with Crippen LogP contribution in [0.4, 0.5) is 0 Å². The highest BCUT2D eigenvalue weighted by atomic mass is 16.5. The van der Waals surface area contributed by atoms with Gasteiger partial charge in [-0.1, -0.05) is 31.2 Å². The molecule has 9 heteroatoms. The van der Waals surface area contributed by atoms with E-state index in [-0.39, 0.29) is 30.1 Å². The molecule has 39 heavy (non-hydrogen) atoms. The molecule has 2 atom stereocenters. The number of ether oxygens (including phenoxy) is 1. The molecule has 2 N–H and O–H groups in total. The maximum absolute atomic E-state index is 12.4. The molecule has 0 bridgehead atoms. The second kappa shape index (κ2) is 13.8. The van der Waals surface area contributed by atoms with Crippen molar-refractivity contribution in [1.82, 2.24) is 25.3 Å². The van der Waals surface area contributed by atoms with Gasteiger partial charge in [0.05, 0.1) is 12.6 Å². The lowest BCUT2D eigenvalue weighted by Gasteiger charge is -2.37. The fourth-order valence-corrected chi connectivity index (χ4v) is 5.19. The van der Waals surface area contributed by atoms with Crippen molar-refractivity contribution in [3.8, 4) is 0 Å². The van der Waals surface area contributed by atoms with E-state index in [4.69, 9.17) is 9.73 Å². The number of rotatable bonds is 11. The summed E-state index contributed by atoms with van der Waals surface area (Å²) in [4.78, 5) is 35.1. The first-order valence-electron chi connectivity index (χ1n) is 14.3. The first-order chi connectivity index (χ1) is 18.9. The molecule has 1 unspecified atom stereocenters. The highest BCUT2D eigenvalue weighted by Gasteiger charge is 2.32. The van der Waals surface area contributed by atoms with Gasteiger partial charge in [-0.3, -0.25) is 14.5 Å². The minimum absolute atomic E-state index is 0.00853. The predicted octanol–water partition coefficient (Wildman–Crippen LogP) is 2.82. The Balaban J connectivity index is 1.15. The topological polar surface area (TPSA) is 89.5 Å². The van der Waals surface area contributed by atoms with Crippen LogP contribution in [0.5, 0.6) is 0 Å². The number of fused-ring (bicyclic) bond motifs is 1. The van der Waals surface area contributed by atoms with Gasteiger partial charge in [0.15, 0.2) is 12.1 Å². The molecule has 3 aliphatic rings. The summed E-state index contributed by atoms with van der Waals surface area (Å²) in [5.41, 5.74) is 3.46. The van der Waals surface area contributed by atoms with Gasteiger partial charge >= 0.3 is 0 Å². The maximum atomic E-state index is 12.4. The van der Waals surface area contributed by atoms with Crippen LogP contribution in [0.3, 0.4) is 0 Å². The van der Waals surface area contributed by atoms with E-state index in [1.807, 2.05) is 37.9 Å². The molecule has 1 saturated heterocycles. The lowest BCUT2D eigenvalue weighted by molar-refractivity contribution is -0.132. The van der Waals surface area contributed by atoms with Crippen molar-refractivity contribution in [3.63, 3.8) is 0 Å². The van der Waals surface area contributed by atoms with Gasteiger partial charge in [-0.05, 0) is 50.8 Å². The molecule has 9 nitrogen and oxygen atoms in total. The second-order valence-electron chi connectivity index (χ2n) is 10.7. The van der Waals surface area contributed by atoms with Crippen LogP contribution < -0.4 is 10.6 Å². The number of piperazine rings is 1. The summed E-state index contributed by atoms with van der Waals surface area (Å²) >= 11 is 0. The van der Waals surface area contributed by atoms with Gasteiger partial charge in [0.2, 0.25) is 11.8 Å². The summed E-state index contributed by atoms with van der Waals surface area (Å²) in [6.07, 6.45) is 7.63. The van der Waals surface area contributed by atoms with E-state index in [2.05, 4.69) is 46.7 Å². The van der Waals surface area contributed by atoms with E-state index in [9.17, 15) is 9.59 Å². The molecular weight excluding hydrogens is 492 g/mol. The van der Waals surface area contributed by atoms with Crippen LogP contribution in [0.25, 0.3) is 0 Å². The second-order valence-corrected chi connectivity index (χ2v) is 10.7. The fraction of sp³-hybridized carbons (Fsp3) is 0.567. The molecule has 0 aromatic heterocycles. The Labute approximate surface area is 233 Å². The molecule has 1 fully saturated rings. The van der Waals surface area contributed by atoms with Crippen LogP contribution in [-0.4, -0.2) is 90.6 Å². The number of hydrogen-bond acceptors (Lipinski definition) is 7. The highest BCUT2D eigenvalue weighted by Crippen LogP contribution is 2.24. The third-order valence-corrected chi connectivity index (χ3v) is 7.58. The smallest absolute Gasteiger partial charge is 0.248 e. The molecule has 1 aromatic rings. The lowest BCUT2D eigenvalue weighted by Crippen LogP contribution is -2.50. The van der Waals surface area contributed by atoms with E-state index < -0.39 is 0 Å². The number of carbonyl (C=O) groups excluding carboxylic acids is 2. The number of amides is 2. The number of guanidine groups is 1. The molecule has 0 saturated carbocycles. The SMILES string of the molecule is CCC(=O)N1CCN(CCOCCCc2ccc([C@H](C)NC3=NC4C(=CN3)C=CC(=O)N4C(C)C)cc2)CC1. The maximum Gasteiger partial charge on any atom is 0.248 e. The first-order valence-corrected chi connectivity index (χ1v) is 14.3. The van der Waals surface area contributed by atoms with Gasteiger partial charge < -0.3 is 25.2 Å². The van der Waals surface area contributed by atoms with Crippen LogP contribution in [-0.2, 0) is 20.7 Å². The molecule has 212 valence electrons. The Morgan fingerprint density at radius 1 is 1.10 bits per heavy atom. The van der Waals surface area contributed by atoms with Crippen molar-refractivity contribution in [3.05, 3.63) is 59.3 Å². The molecule has 0 spiro atoms. The zero-order valence-corrected chi connectivity index (χ0v) is 23.9. The first kappa shape index (κ1) is 28.8. The third-order valence-electron chi connectivity index (χ3n) is 7.58. The summed E-state index contributed by atoms with van der Waals surface area (Å²) in [7, 11) is 0. The largest absolute Gasteiger partial charge is 0.380 e. The summed E-state index contributed by atoms with van der Waals surface area (Å²) in [6, 6.07) is 8.82. The molecule has 3 aliphatic heterocycles. The van der Waals surface area contributed by atoms with Crippen molar-refractivity contribution in [2.45, 2.75) is 65.2 Å². The fourth-order valence-electron chi connectivity index (χ4n) is 5.19. The van der Waals surface area contributed by atoms with Crippen molar-refractivity contribution in [2.24, 2.45) is 4.99 Å². The number of benzene rings is 1. The molecule has 0 aliphatic carbocycles. The normalized spacial score (nSPS) is 20.3. The average Bonchev–Trinajstić information content (AvgIpc) is 2.94. The quantitative estimate of drug-likeness (QED) is 0.423. The number of carbonyl (C=O) groups is 2. The van der Waals surface area contributed by atoms with E-state index in [0.29, 0.717) is 12.4 Å². The highest BCUT2D eigenvalue weighted by molar-refractivity contribution is 5.92. The Hall–Kier alpha value is -3.17. The van der Waals surface area contributed by atoms with Crippen molar-refractivity contribution in [2.75, 3.05) is 45.9 Å². The van der Waals surface area contributed by atoms with Gasteiger partial charge in [0.1, 0.15) is 0 Å². The molecular formula is C30H44N6O3. The zero-order chi connectivity index (χ0) is 27.8. The van der Waals surface area contributed by atoms with E-state index in [0.717, 1.165) is 64.4 Å². The van der Waals surface area contributed by atoms with Crippen molar-refractivity contribution >= 4 is 17.8 Å². The van der Waals surface area contributed by atoms with Gasteiger partial charge in [-0.2, -0.15) is 0 Å². The number of aryl methyl sites for hydroxylation is 1. The number of nitrogens with zero attached hydrogens (tertiary/aromatic N) is 4. The van der Waals surface area contributed by atoms with Crippen LogP contribution in [0.15, 0.2) is 53.2 Å². The molecule has 3 heterocycles. The molecule has 1 aromatic carbocycles. The molecule has 2 amide bonds. The summed E-state index contributed by atoms with van der Waals surface area (Å²) in [6.45, 7) is 14.0. The number of aliphatic imine (C=N–C) groups is 1. The molecule has 0 radical (unpaired) electrons. The van der Waals surface area contributed by atoms with Crippen LogP contribution in [0, 0.1) is 0 Å². The Morgan fingerprint density at radius 3 is 2.54 bits per heavy atom. The monoisotopic (exact) mass is 536 g/mol. The lowest BCUT2D eigenvalue weighted by atomic mass is 10.0. The van der Waals surface area contributed by atoms with E-state index in [1.54, 1.807) is 11.0 Å². The third kappa shape index (κ3) is 7.70. The Morgan fingerprint density at radius 2 is 1.85 bits per heavy atom. The Bertz CT molecular complexity index is 1070. The van der Waals surface area contributed by atoms with Gasteiger partial charge in [-0.15, -0.1) is 0 Å². The van der Waals surface area contributed by atoms with Crippen molar-refractivity contribution in [1.29, 1.82) is 0 Å². The summed E-state index contributed by atoms with van der Waals surface area (Å²) < 4.78 is 5.88. The minimum atomic E-state index is -0.301. The van der Waals surface area contributed by atoms with E-state index in [1.165, 1.54) is 11.1 Å². The van der Waals surface area contributed by atoms with Crippen LogP contribution >= 0.6 is 0 Å². The summed E-state index contributed by atoms with van der Waals surface area (Å²) in [5.74, 6) is 0.915. The van der Waals surface area contributed by atoms with Crippen molar-refractivity contribution < 1.29 is 14.3 Å². The summed E-state index contributed by atoms with van der Waals surface area (Å²) in [5, 5.41) is 6.69. The standard InChI is InChI=1S/C30H44N6O3/c1-5-27(37)35-16-14-34(15-17-35)18-20-39-19-6-7-24-8-10-25(11-9-24)23(4)32-30-31-21-26-12-13-28(38)36(22(2)3)29(26)33-30/h8-13,21-23,29H,5-7,14-20H2,1-4H3,(H2,31,32,33)/t23-,29?/m0/s1. The van der Waals surface area contributed by atoms with Gasteiger partial charge in [0.25, 0.3) is 0 Å². The Kier molecular flexibility index (Phi) is 10.2. The minimum Gasteiger partial charge on any atom is -0.380 e. The average molecular weight is 537 g/mol. The van der Waals surface area contributed by atoms with Gasteiger partial charge in [-0.25, -0.2) is 4.99 Å². The van der Waals surface area contributed by atoms with Crippen LogP contribution in [0.1, 0.15) is 57.7 Å². The predicted molar refractivity (Wildman–Crippen MR) is 154 cm³/mol. The zero-order valence-electron chi connectivity index (χ0n) is 23.9. The van der Waals surface area contributed by atoms with Gasteiger partial charge in [0, 0.05) is 69.6 Å². The molecule has 4 rings (SSSR count). The number of nitrogens with one attached hydrogen (secondary N) is 2. The number of hydrogen-bond donors (Lipinski definition) is 2. The van der Waals surface area contributed by atoms with E-state index >= 15 is 0 Å². The van der Waals surface area contributed by atoms with Crippen LogP contribution in [0.2, 0.25) is 0 Å².